The molecular weight excluding hydrogens is 260 g/mol. The fraction of sp³-hybridized carbons (Fsp3) is 0.667. The summed E-state index contributed by atoms with van der Waals surface area (Å²) in [4.78, 5) is 13.8. The third kappa shape index (κ3) is 2.19. The van der Waals surface area contributed by atoms with Gasteiger partial charge >= 0.3 is 0 Å². The number of rotatable bonds is 2. The van der Waals surface area contributed by atoms with Crippen molar-refractivity contribution in [3.8, 4) is 0 Å². The number of carbonyl (C=O) groups excluding carboxylic acids is 1. The van der Waals surface area contributed by atoms with Gasteiger partial charge < -0.3 is 4.90 Å². The third-order valence-electron chi connectivity index (χ3n) is 2.61. The SMILES string of the molecule is Cn1cc(C(=O)N2CCC(CBr)C2)nn1. The number of amides is 1. The number of alkyl halides is 1. The van der Waals surface area contributed by atoms with Crippen LogP contribution in [0.25, 0.3) is 0 Å². The number of likely N-dealkylation sites (tertiary alicyclic amines) is 1. The number of halogens is 1. The van der Waals surface area contributed by atoms with E-state index in [0.717, 1.165) is 24.8 Å². The van der Waals surface area contributed by atoms with Crippen LogP contribution in [0, 0.1) is 5.92 Å². The summed E-state index contributed by atoms with van der Waals surface area (Å²) in [6.45, 7) is 1.65. The van der Waals surface area contributed by atoms with Crippen molar-refractivity contribution in [2.24, 2.45) is 13.0 Å². The molecule has 1 aliphatic rings. The van der Waals surface area contributed by atoms with Crippen molar-refractivity contribution in [3.05, 3.63) is 11.9 Å². The van der Waals surface area contributed by atoms with Crippen LogP contribution in [0.2, 0.25) is 0 Å². The van der Waals surface area contributed by atoms with Crippen molar-refractivity contribution in [1.29, 1.82) is 0 Å². The molecule has 0 spiro atoms. The van der Waals surface area contributed by atoms with Crippen LogP contribution in [0.3, 0.4) is 0 Å². The van der Waals surface area contributed by atoms with Crippen LogP contribution >= 0.6 is 15.9 Å². The molecular formula is C9H13BrN4O. The van der Waals surface area contributed by atoms with Gasteiger partial charge in [-0.3, -0.25) is 9.48 Å². The van der Waals surface area contributed by atoms with Crippen LogP contribution in [0.4, 0.5) is 0 Å². The Labute approximate surface area is 96.6 Å². The highest BCUT2D eigenvalue weighted by Crippen LogP contribution is 2.19. The topological polar surface area (TPSA) is 51.0 Å². The van der Waals surface area contributed by atoms with Crippen molar-refractivity contribution in [2.45, 2.75) is 6.42 Å². The Balaban J connectivity index is 2.03. The van der Waals surface area contributed by atoms with Crippen LogP contribution < -0.4 is 0 Å². The van der Waals surface area contributed by atoms with E-state index in [4.69, 9.17) is 0 Å². The number of hydrogen-bond donors (Lipinski definition) is 0. The lowest BCUT2D eigenvalue weighted by Gasteiger charge is -2.13. The molecule has 2 rings (SSSR count). The highest BCUT2D eigenvalue weighted by atomic mass is 79.9. The maximum Gasteiger partial charge on any atom is 0.276 e. The molecule has 0 aromatic carbocycles. The van der Waals surface area contributed by atoms with Gasteiger partial charge in [-0.15, -0.1) is 5.10 Å². The van der Waals surface area contributed by atoms with Gasteiger partial charge in [0, 0.05) is 25.5 Å². The van der Waals surface area contributed by atoms with E-state index >= 15 is 0 Å². The Morgan fingerprint density at radius 1 is 1.73 bits per heavy atom. The standard InChI is InChI=1S/C9H13BrN4O/c1-13-6-8(11-12-13)9(15)14-3-2-7(4-10)5-14/h6-7H,2-5H2,1H3. The summed E-state index contributed by atoms with van der Waals surface area (Å²) in [5, 5.41) is 8.53. The Morgan fingerprint density at radius 2 is 2.53 bits per heavy atom. The Bertz CT molecular complexity index is 365. The van der Waals surface area contributed by atoms with Gasteiger partial charge in [-0.25, -0.2) is 0 Å². The van der Waals surface area contributed by atoms with Crippen molar-refractivity contribution in [1.82, 2.24) is 19.9 Å². The number of hydrogen-bond acceptors (Lipinski definition) is 3. The molecule has 82 valence electrons. The first kappa shape index (κ1) is 10.6. The molecule has 1 unspecified atom stereocenters. The molecule has 0 bridgehead atoms. The second-order valence-electron chi connectivity index (χ2n) is 3.84. The first-order valence-electron chi connectivity index (χ1n) is 4.92. The summed E-state index contributed by atoms with van der Waals surface area (Å²) >= 11 is 3.44. The average molecular weight is 273 g/mol. The van der Waals surface area contributed by atoms with Gasteiger partial charge in [-0.05, 0) is 12.3 Å². The van der Waals surface area contributed by atoms with Crippen molar-refractivity contribution < 1.29 is 4.79 Å². The Hall–Kier alpha value is -0.910. The van der Waals surface area contributed by atoms with Crippen molar-refractivity contribution in [3.63, 3.8) is 0 Å². The molecule has 1 aromatic heterocycles. The second-order valence-corrected chi connectivity index (χ2v) is 4.49. The van der Waals surface area contributed by atoms with Gasteiger partial charge in [-0.1, -0.05) is 21.1 Å². The second kappa shape index (κ2) is 4.30. The molecule has 0 N–H and O–H groups in total. The predicted octanol–water partition coefficient (Wildman–Crippen LogP) is 0.672. The van der Waals surface area contributed by atoms with Gasteiger partial charge in [0.05, 0.1) is 6.20 Å². The molecule has 1 amide bonds. The van der Waals surface area contributed by atoms with Gasteiger partial charge in [0.25, 0.3) is 5.91 Å². The summed E-state index contributed by atoms with van der Waals surface area (Å²) < 4.78 is 1.55. The summed E-state index contributed by atoms with van der Waals surface area (Å²) in [5.74, 6) is 0.567. The van der Waals surface area contributed by atoms with E-state index in [2.05, 4.69) is 26.2 Å². The molecule has 6 heteroatoms. The summed E-state index contributed by atoms with van der Waals surface area (Å²) in [5.41, 5.74) is 0.438. The Morgan fingerprint density at radius 3 is 3.07 bits per heavy atom. The molecule has 0 saturated carbocycles. The Kier molecular flexibility index (Phi) is 3.04. The number of carbonyl (C=O) groups is 1. The molecule has 1 atom stereocenters. The molecule has 15 heavy (non-hydrogen) atoms. The highest BCUT2D eigenvalue weighted by Gasteiger charge is 2.27. The van der Waals surface area contributed by atoms with Gasteiger partial charge in [0.1, 0.15) is 0 Å². The molecule has 0 aliphatic carbocycles. The first-order chi connectivity index (χ1) is 7.20. The quantitative estimate of drug-likeness (QED) is 0.744. The number of nitrogens with zero attached hydrogens (tertiary/aromatic N) is 4. The molecule has 0 radical (unpaired) electrons. The normalized spacial score (nSPS) is 20.9. The van der Waals surface area contributed by atoms with E-state index in [1.54, 1.807) is 17.9 Å². The summed E-state index contributed by atoms with van der Waals surface area (Å²) in [7, 11) is 1.76. The molecule has 1 saturated heterocycles. The minimum Gasteiger partial charge on any atom is -0.337 e. The van der Waals surface area contributed by atoms with Crippen LogP contribution in [0.5, 0.6) is 0 Å². The van der Waals surface area contributed by atoms with E-state index in [9.17, 15) is 4.79 Å². The zero-order valence-electron chi connectivity index (χ0n) is 8.56. The number of aromatic nitrogens is 3. The lowest BCUT2D eigenvalue weighted by atomic mass is 10.2. The number of aryl methyl sites for hydroxylation is 1. The maximum atomic E-state index is 11.9. The minimum absolute atomic E-state index is 0.00782. The van der Waals surface area contributed by atoms with Crippen LogP contribution in [-0.4, -0.2) is 44.2 Å². The van der Waals surface area contributed by atoms with Crippen LogP contribution in [-0.2, 0) is 7.05 Å². The molecule has 1 aliphatic heterocycles. The fourth-order valence-corrected chi connectivity index (χ4v) is 2.28. The smallest absolute Gasteiger partial charge is 0.276 e. The summed E-state index contributed by atoms with van der Waals surface area (Å²) in [6, 6.07) is 0. The molecule has 1 fully saturated rings. The van der Waals surface area contributed by atoms with E-state index in [-0.39, 0.29) is 5.91 Å². The van der Waals surface area contributed by atoms with E-state index in [0.29, 0.717) is 11.6 Å². The zero-order valence-corrected chi connectivity index (χ0v) is 10.1. The molecule has 5 nitrogen and oxygen atoms in total. The van der Waals surface area contributed by atoms with Gasteiger partial charge in [0.2, 0.25) is 0 Å². The van der Waals surface area contributed by atoms with Gasteiger partial charge in [-0.2, -0.15) is 0 Å². The average Bonchev–Trinajstić information content (AvgIpc) is 2.84. The highest BCUT2D eigenvalue weighted by molar-refractivity contribution is 9.09. The van der Waals surface area contributed by atoms with Crippen LogP contribution in [0.15, 0.2) is 6.20 Å². The lowest BCUT2D eigenvalue weighted by molar-refractivity contribution is 0.0782. The van der Waals surface area contributed by atoms with Gasteiger partial charge in [0.15, 0.2) is 5.69 Å². The third-order valence-corrected chi connectivity index (χ3v) is 3.53. The lowest BCUT2D eigenvalue weighted by Crippen LogP contribution is -2.29. The zero-order chi connectivity index (χ0) is 10.8. The largest absolute Gasteiger partial charge is 0.337 e. The van der Waals surface area contributed by atoms with Crippen molar-refractivity contribution >= 4 is 21.8 Å². The van der Waals surface area contributed by atoms with E-state index < -0.39 is 0 Å². The fourth-order valence-electron chi connectivity index (χ4n) is 1.75. The predicted molar refractivity (Wildman–Crippen MR) is 58.8 cm³/mol. The monoisotopic (exact) mass is 272 g/mol. The van der Waals surface area contributed by atoms with Crippen LogP contribution in [0.1, 0.15) is 16.9 Å². The van der Waals surface area contributed by atoms with E-state index in [1.807, 2.05) is 4.90 Å². The van der Waals surface area contributed by atoms with E-state index in [1.165, 1.54) is 0 Å². The maximum absolute atomic E-state index is 11.9. The summed E-state index contributed by atoms with van der Waals surface area (Å²) in [6.07, 6.45) is 2.72. The molecule has 1 aromatic rings. The van der Waals surface area contributed by atoms with Crippen molar-refractivity contribution in [2.75, 3.05) is 18.4 Å². The minimum atomic E-state index is -0.00782. The first-order valence-corrected chi connectivity index (χ1v) is 6.04. The molecule has 2 heterocycles.